The van der Waals surface area contributed by atoms with Crippen molar-refractivity contribution in [3.05, 3.63) is 29.8 Å². The summed E-state index contributed by atoms with van der Waals surface area (Å²) in [6, 6.07) is 6.79. The molecule has 1 aromatic carbocycles. The third kappa shape index (κ3) is 1.58. The average molecular weight is 190 g/mol. The molecule has 0 radical (unpaired) electrons. The molecule has 1 aliphatic heterocycles. The highest BCUT2D eigenvalue weighted by atomic mass is 16.5. The summed E-state index contributed by atoms with van der Waals surface area (Å²) in [6.07, 6.45) is 0. The van der Waals surface area contributed by atoms with Crippen LogP contribution in [0.5, 0.6) is 5.75 Å². The average Bonchev–Trinajstić information content (AvgIpc) is 2.47. The summed E-state index contributed by atoms with van der Waals surface area (Å²) in [7, 11) is 0. The molecule has 2 rings (SSSR count). The normalized spacial score (nSPS) is 18.9. The quantitative estimate of drug-likeness (QED) is 0.670. The van der Waals surface area contributed by atoms with Crippen molar-refractivity contribution in [3.8, 4) is 5.75 Å². The van der Waals surface area contributed by atoms with Gasteiger partial charge in [0.15, 0.2) is 0 Å². The Balaban J connectivity index is 2.38. The van der Waals surface area contributed by atoms with Gasteiger partial charge >= 0.3 is 0 Å². The van der Waals surface area contributed by atoms with Crippen LogP contribution in [0.1, 0.15) is 19.4 Å². The van der Waals surface area contributed by atoms with Crippen molar-refractivity contribution >= 4 is 5.90 Å². The summed E-state index contributed by atoms with van der Waals surface area (Å²) in [5.41, 5.74) is 0.343. The lowest BCUT2D eigenvalue weighted by atomic mass is 10.1. The monoisotopic (exact) mass is 190 g/mol. The minimum absolute atomic E-state index is 0.0380. The van der Waals surface area contributed by atoms with Crippen LogP contribution in [0.15, 0.2) is 29.3 Å². The first-order chi connectivity index (χ1) is 6.58. The van der Waals surface area contributed by atoms with Crippen LogP contribution in [0, 0.1) is 0 Å². The van der Waals surface area contributed by atoms with E-state index in [0.29, 0.717) is 18.1 Å². The van der Waals surface area contributed by atoms with E-state index >= 15 is 0 Å². The van der Waals surface area contributed by atoms with Crippen LogP contribution < -0.4 is 5.11 Å². The second kappa shape index (κ2) is 3.01. The van der Waals surface area contributed by atoms with Gasteiger partial charge in [-0.05, 0) is 13.8 Å². The lowest BCUT2D eigenvalue weighted by molar-refractivity contribution is -0.268. The number of hydrogen-bond acceptors (Lipinski definition) is 3. The summed E-state index contributed by atoms with van der Waals surface area (Å²) in [6.45, 7) is 4.50. The zero-order valence-corrected chi connectivity index (χ0v) is 8.28. The van der Waals surface area contributed by atoms with Gasteiger partial charge in [-0.2, -0.15) is 0 Å². The van der Waals surface area contributed by atoms with Crippen LogP contribution in [0.25, 0.3) is 0 Å². The molecule has 0 saturated carbocycles. The van der Waals surface area contributed by atoms with Gasteiger partial charge in [0.05, 0.1) is 5.54 Å². The van der Waals surface area contributed by atoms with Gasteiger partial charge < -0.3 is 9.84 Å². The fraction of sp³-hybridized carbons (Fsp3) is 0.364. The number of benzene rings is 1. The first kappa shape index (κ1) is 9.06. The van der Waals surface area contributed by atoms with E-state index in [-0.39, 0.29) is 11.3 Å². The fourth-order valence-corrected chi connectivity index (χ4v) is 1.37. The van der Waals surface area contributed by atoms with Gasteiger partial charge in [-0.25, -0.2) is 4.99 Å². The van der Waals surface area contributed by atoms with Crippen molar-refractivity contribution in [1.82, 2.24) is 0 Å². The standard InChI is InChI=1S/C11H13NO2/c1-11(2)7-14-10(12-11)8-5-3-4-6-9(8)13/h3-6,13H,7H2,1-2H3/p-1. The van der Waals surface area contributed by atoms with Crippen molar-refractivity contribution in [2.45, 2.75) is 19.4 Å². The van der Waals surface area contributed by atoms with E-state index in [4.69, 9.17) is 4.74 Å². The highest BCUT2D eigenvalue weighted by Crippen LogP contribution is 2.23. The van der Waals surface area contributed by atoms with Crippen LogP contribution in [0.2, 0.25) is 0 Å². The molecule has 3 heteroatoms. The second-order valence-electron chi connectivity index (χ2n) is 4.01. The molecule has 0 unspecified atom stereocenters. The summed E-state index contributed by atoms with van der Waals surface area (Å²) >= 11 is 0. The van der Waals surface area contributed by atoms with Gasteiger partial charge in [-0.15, -0.1) is 0 Å². The fourth-order valence-electron chi connectivity index (χ4n) is 1.37. The molecule has 0 amide bonds. The van der Waals surface area contributed by atoms with Crippen molar-refractivity contribution in [2.75, 3.05) is 6.61 Å². The molecule has 3 nitrogen and oxygen atoms in total. The molecule has 1 aromatic rings. The molecule has 74 valence electrons. The van der Waals surface area contributed by atoms with E-state index in [1.807, 2.05) is 19.9 Å². The molecule has 0 spiro atoms. The summed E-state index contributed by atoms with van der Waals surface area (Å²) in [4.78, 5) is 4.35. The molecule has 0 fully saturated rings. The Hall–Kier alpha value is -1.51. The number of rotatable bonds is 1. The van der Waals surface area contributed by atoms with Gasteiger partial charge in [-0.3, -0.25) is 0 Å². The van der Waals surface area contributed by atoms with Crippen molar-refractivity contribution < 1.29 is 9.84 Å². The number of para-hydroxylation sites is 1. The van der Waals surface area contributed by atoms with Gasteiger partial charge in [0.1, 0.15) is 6.61 Å². The molecule has 14 heavy (non-hydrogen) atoms. The van der Waals surface area contributed by atoms with E-state index in [1.165, 1.54) is 6.07 Å². The van der Waals surface area contributed by atoms with Crippen LogP contribution in [0.4, 0.5) is 0 Å². The van der Waals surface area contributed by atoms with Crippen molar-refractivity contribution in [2.24, 2.45) is 4.99 Å². The third-order valence-electron chi connectivity index (χ3n) is 2.08. The van der Waals surface area contributed by atoms with E-state index < -0.39 is 0 Å². The van der Waals surface area contributed by atoms with E-state index in [9.17, 15) is 5.11 Å². The summed E-state index contributed by atoms with van der Waals surface area (Å²) < 4.78 is 5.39. The number of hydrogen-bond donors (Lipinski definition) is 0. The molecule has 1 aliphatic rings. The second-order valence-corrected chi connectivity index (χ2v) is 4.01. The predicted molar refractivity (Wildman–Crippen MR) is 52.5 cm³/mol. The zero-order valence-electron chi connectivity index (χ0n) is 8.28. The van der Waals surface area contributed by atoms with Gasteiger partial charge in [0, 0.05) is 5.56 Å². The first-order valence-corrected chi connectivity index (χ1v) is 4.58. The number of aliphatic imine (C=N–C) groups is 1. The molecule has 0 atom stereocenters. The van der Waals surface area contributed by atoms with Crippen LogP contribution >= 0.6 is 0 Å². The predicted octanol–water partition coefficient (Wildman–Crippen LogP) is 1.32. The Morgan fingerprint density at radius 1 is 1.36 bits per heavy atom. The Morgan fingerprint density at radius 2 is 2.07 bits per heavy atom. The Kier molecular flexibility index (Phi) is 1.95. The molecule has 0 saturated heterocycles. The molecular formula is C11H12NO2-. The van der Waals surface area contributed by atoms with Crippen LogP contribution in [0.3, 0.4) is 0 Å². The first-order valence-electron chi connectivity index (χ1n) is 4.58. The largest absolute Gasteiger partial charge is 0.872 e. The van der Waals surface area contributed by atoms with Crippen molar-refractivity contribution in [3.63, 3.8) is 0 Å². The van der Waals surface area contributed by atoms with Crippen LogP contribution in [-0.2, 0) is 4.74 Å². The van der Waals surface area contributed by atoms with Crippen LogP contribution in [-0.4, -0.2) is 18.0 Å². The summed E-state index contributed by atoms with van der Waals surface area (Å²) in [5, 5.41) is 11.5. The maximum atomic E-state index is 11.5. The molecular weight excluding hydrogens is 178 g/mol. The van der Waals surface area contributed by atoms with E-state index in [0.717, 1.165) is 0 Å². The molecule has 0 aromatic heterocycles. The molecule has 1 heterocycles. The SMILES string of the molecule is CC1(C)COC(c2ccccc2[O-])=N1. The highest BCUT2D eigenvalue weighted by molar-refractivity contribution is 5.97. The maximum Gasteiger partial charge on any atom is 0.216 e. The third-order valence-corrected chi connectivity index (χ3v) is 2.08. The number of nitrogens with zero attached hydrogens (tertiary/aromatic N) is 1. The Labute approximate surface area is 83.1 Å². The Bertz CT molecular complexity index is 383. The smallest absolute Gasteiger partial charge is 0.216 e. The molecule has 0 aliphatic carbocycles. The van der Waals surface area contributed by atoms with Gasteiger partial charge in [-0.1, -0.05) is 30.0 Å². The minimum Gasteiger partial charge on any atom is -0.872 e. The lowest BCUT2D eigenvalue weighted by Gasteiger charge is -2.11. The van der Waals surface area contributed by atoms with Gasteiger partial charge in [0.25, 0.3) is 0 Å². The highest BCUT2D eigenvalue weighted by Gasteiger charge is 2.26. The van der Waals surface area contributed by atoms with Crippen molar-refractivity contribution in [1.29, 1.82) is 0 Å². The lowest BCUT2D eigenvalue weighted by Crippen LogP contribution is -2.17. The maximum absolute atomic E-state index is 11.5. The molecule has 0 N–H and O–H groups in total. The minimum atomic E-state index is -0.211. The topological polar surface area (TPSA) is 44.6 Å². The van der Waals surface area contributed by atoms with E-state index in [2.05, 4.69) is 4.99 Å². The number of ether oxygens (including phenoxy) is 1. The Morgan fingerprint density at radius 3 is 2.64 bits per heavy atom. The summed E-state index contributed by atoms with van der Waals surface area (Å²) in [5.74, 6) is 0.435. The molecule has 0 bridgehead atoms. The van der Waals surface area contributed by atoms with Gasteiger partial charge in [0.2, 0.25) is 5.90 Å². The zero-order chi connectivity index (χ0) is 10.2. The van der Waals surface area contributed by atoms with E-state index in [1.54, 1.807) is 12.1 Å².